The first-order chi connectivity index (χ1) is 12.9. The lowest BCUT2D eigenvalue weighted by Crippen LogP contribution is -2.51. The summed E-state index contributed by atoms with van der Waals surface area (Å²) in [6, 6.07) is 9.15. The summed E-state index contributed by atoms with van der Waals surface area (Å²) in [5.74, 6) is -0.950. The lowest BCUT2D eigenvalue weighted by Gasteiger charge is -2.33. The number of esters is 1. The van der Waals surface area contributed by atoms with Crippen molar-refractivity contribution in [3.8, 4) is 0 Å². The van der Waals surface area contributed by atoms with Gasteiger partial charge < -0.3 is 14.4 Å². The van der Waals surface area contributed by atoms with Crippen LogP contribution >= 0.6 is 0 Å². The summed E-state index contributed by atoms with van der Waals surface area (Å²) in [5.41, 5.74) is 0.795. The van der Waals surface area contributed by atoms with Crippen molar-refractivity contribution in [2.75, 3.05) is 46.0 Å². The SMILES string of the molecule is CCOCC(=O)OCC(=O)N1CCN(S(=O)(=O)/C=C/c2ccccc2)CC1. The Morgan fingerprint density at radius 3 is 2.37 bits per heavy atom. The van der Waals surface area contributed by atoms with Gasteiger partial charge in [0.1, 0.15) is 6.61 Å². The monoisotopic (exact) mass is 396 g/mol. The summed E-state index contributed by atoms with van der Waals surface area (Å²) in [6.07, 6.45) is 1.55. The quantitative estimate of drug-likeness (QED) is 0.601. The number of carbonyl (C=O) groups excluding carboxylic acids is 2. The predicted octanol–water partition coefficient (Wildman–Crippen LogP) is 0.711. The average Bonchev–Trinajstić information content (AvgIpc) is 2.70. The maximum Gasteiger partial charge on any atom is 0.332 e. The van der Waals surface area contributed by atoms with Crippen molar-refractivity contribution in [1.82, 2.24) is 9.21 Å². The van der Waals surface area contributed by atoms with Gasteiger partial charge in [0.2, 0.25) is 10.0 Å². The Morgan fingerprint density at radius 2 is 1.74 bits per heavy atom. The first kappa shape index (κ1) is 21.1. The highest BCUT2D eigenvalue weighted by Crippen LogP contribution is 2.11. The second-order valence-electron chi connectivity index (χ2n) is 5.84. The van der Waals surface area contributed by atoms with Gasteiger partial charge in [0.15, 0.2) is 6.61 Å². The molecule has 0 saturated carbocycles. The van der Waals surface area contributed by atoms with Crippen molar-refractivity contribution in [2.45, 2.75) is 6.92 Å². The number of benzene rings is 1. The first-order valence-electron chi connectivity index (χ1n) is 8.67. The van der Waals surface area contributed by atoms with E-state index in [1.165, 1.54) is 14.6 Å². The summed E-state index contributed by atoms with van der Waals surface area (Å²) >= 11 is 0. The van der Waals surface area contributed by atoms with E-state index in [9.17, 15) is 18.0 Å². The molecule has 8 nitrogen and oxygen atoms in total. The normalized spacial score (nSPS) is 15.8. The summed E-state index contributed by atoms with van der Waals surface area (Å²) in [6.45, 7) is 2.47. The van der Waals surface area contributed by atoms with E-state index >= 15 is 0 Å². The number of ether oxygens (including phenoxy) is 2. The number of carbonyl (C=O) groups is 2. The van der Waals surface area contributed by atoms with E-state index in [1.54, 1.807) is 13.0 Å². The van der Waals surface area contributed by atoms with Crippen LogP contribution in [-0.2, 0) is 29.1 Å². The molecule has 1 aromatic carbocycles. The van der Waals surface area contributed by atoms with Crippen LogP contribution in [-0.4, -0.2) is 75.5 Å². The lowest BCUT2D eigenvalue weighted by molar-refractivity contribution is -0.156. The molecule has 1 saturated heterocycles. The molecule has 1 amide bonds. The van der Waals surface area contributed by atoms with Crippen LogP contribution < -0.4 is 0 Å². The Morgan fingerprint density at radius 1 is 1.07 bits per heavy atom. The molecule has 0 spiro atoms. The number of piperazine rings is 1. The molecule has 1 aliphatic heterocycles. The Balaban J connectivity index is 1.81. The molecule has 148 valence electrons. The minimum absolute atomic E-state index is 0.191. The van der Waals surface area contributed by atoms with Gasteiger partial charge in [-0.25, -0.2) is 13.2 Å². The van der Waals surface area contributed by atoms with Crippen LogP contribution in [0.3, 0.4) is 0 Å². The number of rotatable bonds is 8. The molecule has 1 fully saturated rings. The van der Waals surface area contributed by atoms with E-state index in [2.05, 4.69) is 0 Å². The highest BCUT2D eigenvalue weighted by atomic mass is 32.2. The second-order valence-corrected chi connectivity index (χ2v) is 7.65. The molecule has 1 aliphatic rings. The smallest absolute Gasteiger partial charge is 0.332 e. The van der Waals surface area contributed by atoms with E-state index in [1.807, 2.05) is 30.3 Å². The van der Waals surface area contributed by atoms with Gasteiger partial charge in [-0.3, -0.25) is 4.79 Å². The Kier molecular flexibility index (Phi) is 7.96. The number of hydrogen-bond acceptors (Lipinski definition) is 6. The largest absolute Gasteiger partial charge is 0.454 e. The molecule has 27 heavy (non-hydrogen) atoms. The van der Waals surface area contributed by atoms with Crippen molar-refractivity contribution in [3.05, 3.63) is 41.3 Å². The molecular formula is C18H24N2O6S. The van der Waals surface area contributed by atoms with Crippen LogP contribution in [0.5, 0.6) is 0 Å². The van der Waals surface area contributed by atoms with Crippen LogP contribution in [0.15, 0.2) is 35.7 Å². The van der Waals surface area contributed by atoms with Crippen molar-refractivity contribution < 1.29 is 27.5 Å². The fraction of sp³-hybridized carbons (Fsp3) is 0.444. The number of nitrogens with zero attached hydrogens (tertiary/aromatic N) is 2. The van der Waals surface area contributed by atoms with Gasteiger partial charge in [-0.15, -0.1) is 0 Å². The molecule has 2 rings (SSSR count). The van der Waals surface area contributed by atoms with Crippen LogP contribution in [0, 0.1) is 0 Å². The second kappa shape index (κ2) is 10.2. The zero-order valence-electron chi connectivity index (χ0n) is 15.2. The van der Waals surface area contributed by atoms with Crippen LogP contribution in [0.2, 0.25) is 0 Å². The maximum absolute atomic E-state index is 12.4. The van der Waals surface area contributed by atoms with Crippen molar-refractivity contribution in [1.29, 1.82) is 0 Å². The van der Waals surface area contributed by atoms with E-state index in [4.69, 9.17) is 9.47 Å². The van der Waals surface area contributed by atoms with Gasteiger partial charge in [-0.2, -0.15) is 4.31 Å². The molecule has 0 radical (unpaired) electrons. The van der Waals surface area contributed by atoms with Crippen LogP contribution in [0.25, 0.3) is 6.08 Å². The highest BCUT2D eigenvalue weighted by molar-refractivity contribution is 7.92. The molecule has 1 aromatic rings. The number of sulfonamides is 1. The van der Waals surface area contributed by atoms with Crippen LogP contribution in [0.1, 0.15) is 12.5 Å². The van der Waals surface area contributed by atoms with Crippen molar-refractivity contribution >= 4 is 28.0 Å². The van der Waals surface area contributed by atoms with Gasteiger partial charge in [-0.05, 0) is 18.6 Å². The van der Waals surface area contributed by atoms with Crippen molar-refractivity contribution in [3.63, 3.8) is 0 Å². The Hall–Kier alpha value is -2.23. The fourth-order valence-electron chi connectivity index (χ4n) is 2.47. The summed E-state index contributed by atoms with van der Waals surface area (Å²) in [7, 11) is -3.55. The van der Waals surface area contributed by atoms with Gasteiger partial charge >= 0.3 is 5.97 Å². The summed E-state index contributed by atoms with van der Waals surface area (Å²) in [5, 5.41) is 1.18. The molecule has 0 bridgehead atoms. The minimum Gasteiger partial charge on any atom is -0.454 e. The average molecular weight is 396 g/mol. The third-order valence-corrected chi connectivity index (χ3v) is 5.53. The van der Waals surface area contributed by atoms with Gasteiger partial charge in [-0.1, -0.05) is 30.3 Å². The minimum atomic E-state index is -3.55. The number of amides is 1. The molecule has 9 heteroatoms. The predicted molar refractivity (Wildman–Crippen MR) is 100 cm³/mol. The topological polar surface area (TPSA) is 93.2 Å². The van der Waals surface area contributed by atoms with Crippen molar-refractivity contribution in [2.24, 2.45) is 0 Å². The molecule has 0 N–H and O–H groups in total. The zero-order valence-corrected chi connectivity index (χ0v) is 16.1. The van der Waals surface area contributed by atoms with E-state index < -0.39 is 16.0 Å². The molecule has 0 unspecified atom stereocenters. The van der Waals surface area contributed by atoms with Crippen LogP contribution in [0.4, 0.5) is 0 Å². The first-order valence-corrected chi connectivity index (χ1v) is 10.2. The third kappa shape index (κ3) is 6.78. The molecular weight excluding hydrogens is 372 g/mol. The number of hydrogen-bond donors (Lipinski definition) is 0. The highest BCUT2D eigenvalue weighted by Gasteiger charge is 2.27. The van der Waals surface area contributed by atoms with E-state index in [-0.39, 0.29) is 45.3 Å². The van der Waals surface area contributed by atoms with Gasteiger partial charge in [0, 0.05) is 38.2 Å². The summed E-state index contributed by atoms with van der Waals surface area (Å²) in [4.78, 5) is 24.9. The van der Waals surface area contributed by atoms with E-state index in [0.29, 0.717) is 6.61 Å². The standard InChI is InChI=1S/C18H24N2O6S/c1-2-25-15-18(22)26-14-17(21)19-9-11-20(12-10-19)27(23,24)13-8-16-6-4-3-5-7-16/h3-8,13H,2,9-12,14-15H2,1H3/b13-8+. The maximum atomic E-state index is 12.4. The zero-order chi connectivity index (χ0) is 19.7. The molecule has 1 heterocycles. The fourth-order valence-corrected chi connectivity index (χ4v) is 3.64. The van der Waals surface area contributed by atoms with E-state index in [0.717, 1.165) is 5.56 Å². The molecule has 0 atom stereocenters. The molecule has 0 aromatic heterocycles. The van der Waals surface area contributed by atoms with Gasteiger partial charge in [0.05, 0.1) is 0 Å². The van der Waals surface area contributed by atoms with Gasteiger partial charge in [0.25, 0.3) is 5.91 Å². The third-order valence-electron chi connectivity index (χ3n) is 3.96. The summed E-state index contributed by atoms with van der Waals surface area (Å²) < 4.78 is 35.9. The lowest BCUT2D eigenvalue weighted by atomic mass is 10.2. The molecule has 0 aliphatic carbocycles. The Bertz CT molecular complexity index is 755. The Labute approximate surface area is 159 Å².